The summed E-state index contributed by atoms with van der Waals surface area (Å²) in [4.78, 5) is 12.5. The first-order chi connectivity index (χ1) is 15.3. The van der Waals surface area contributed by atoms with Crippen LogP contribution in [-0.2, 0) is 14.3 Å². The molecule has 1 amide bonds. The Labute approximate surface area is 190 Å². The van der Waals surface area contributed by atoms with Crippen molar-refractivity contribution in [3.8, 4) is 0 Å². The van der Waals surface area contributed by atoms with Gasteiger partial charge in [0.1, 0.15) is 11.8 Å². The molecule has 0 spiro atoms. The molecular formula is C23H26ClF2N3O3. The number of hydrogen-bond donors (Lipinski definition) is 2. The minimum absolute atomic E-state index is 0.104. The summed E-state index contributed by atoms with van der Waals surface area (Å²) < 4.78 is 39.8. The third-order valence-electron chi connectivity index (χ3n) is 6.21. The van der Waals surface area contributed by atoms with E-state index < -0.39 is 12.0 Å². The molecule has 2 aliphatic carbocycles. The lowest BCUT2D eigenvalue weighted by atomic mass is 9.96. The second kappa shape index (κ2) is 8.75. The average Bonchev–Trinajstić information content (AvgIpc) is 3.37. The summed E-state index contributed by atoms with van der Waals surface area (Å²) in [5, 5.41) is 4.60. The summed E-state index contributed by atoms with van der Waals surface area (Å²) in [5.74, 6) is -2.04. The Morgan fingerprint density at radius 2 is 2.19 bits per heavy atom. The smallest absolute Gasteiger partial charge is 0.268 e. The van der Waals surface area contributed by atoms with E-state index in [2.05, 4.69) is 16.8 Å². The van der Waals surface area contributed by atoms with Crippen LogP contribution in [0.2, 0.25) is 5.02 Å². The van der Waals surface area contributed by atoms with E-state index in [1.54, 1.807) is 31.4 Å². The highest BCUT2D eigenvalue weighted by Crippen LogP contribution is 2.59. The minimum atomic E-state index is -3.00. The Hall–Kier alpha value is -2.58. The van der Waals surface area contributed by atoms with Crippen molar-refractivity contribution in [2.24, 2.45) is 11.3 Å². The number of anilines is 1. The first-order valence-electron chi connectivity index (χ1n) is 10.5. The van der Waals surface area contributed by atoms with Crippen LogP contribution in [-0.4, -0.2) is 38.1 Å². The van der Waals surface area contributed by atoms with Gasteiger partial charge in [-0.1, -0.05) is 42.8 Å². The highest BCUT2D eigenvalue weighted by molar-refractivity contribution is 6.33. The zero-order valence-corrected chi connectivity index (χ0v) is 18.7. The average molecular weight is 466 g/mol. The lowest BCUT2D eigenvalue weighted by Gasteiger charge is -2.27. The van der Waals surface area contributed by atoms with Crippen LogP contribution in [0, 0.1) is 11.3 Å². The number of nitrogens with zero attached hydrogens (tertiary/aromatic N) is 1. The van der Waals surface area contributed by atoms with Gasteiger partial charge in [-0.25, -0.2) is 19.2 Å². The summed E-state index contributed by atoms with van der Waals surface area (Å²) in [6, 6.07) is 5.53. The standard InChI is InChI=1S/C23H26ClF2N3O3/c1-3-23(25,26)18-11-21(29(28-18)17-9-5-4-8-16(17)24)32-13-20(30)27-14-22-12-15(22)7-6-10-19(22)31-2/h4-11,15,18,28H,3,12-14H2,1-2H3,(H,27,30). The number of halogens is 3. The van der Waals surface area contributed by atoms with Crippen molar-refractivity contribution in [2.45, 2.75) is 31.7 Å². The van der Waals surface area contributed by atoms with E-state index in [-0.39, 0.29) is 30.2 Å². The molecule has 0 bridgehead atoms. The van der Waals surface area contributed by atoms with Crippen molar-refractivity contribution in [3.63, 3.8) is 0 Å². The van der Waals surface area contributed by atoms with Crippen LogP contribution in [0.25, 0.3) is 0 Å². The molecule has 9 heteroatoms. The molecule has 3 unspecified atom stereocenters. The number of carbonyl (C=O) groups excluding carboxylic acids is 1. The molecule has 1 saturated carbocycles. The molecule has 6 nitrogen and oxygen atoms in total. The van der Waals surface area contributed by atoms with Crippen molar-refractivity contribution in [1.29, 1.82) is 0 Å². The highest BCUT2D eigenvalue weighted by atomic mass is 35.5. The SMILES string of the molecule is CCC(F)(F)C1C=C(OCC(=O)NCC23CC2C=CC=C3OC)N(c2ccccc2Cl)N1. The number of hydrazine groups is 1. The molecule has 1 aromatic rings. The number of benzene rings is 1. The third kappa shape index (κ3) is 4.21. The number of fused-ring (bicyclic) bond motifs is 1. The number of amides is 1. The number of nitrogens with one attached hydrogen (secondary N) is 2. The van der Waals surface area contributed by atoms with E-state index >= 15 is 0 Å². The maximum absolute atomic E-state index is 14.3. The number of methoxy groups -OCH3 is 1. The zero-order chi connectivity index (χ0) is 22.9. The van der Waals surface area contributed by atoms with Crippen LogP contribution in [0.1, 0.15) is 19.8 Å². The maximum Gasteiger partial charge on any atom is 0.268 e. The molecule has 0 aromatic heterocycles. The Bertz CT molecular complexity index is 981. The quantitative estimate of drug-likeness (QED) is 0.573. The van der Waals surface area contributed by atoms with Gasteiger partial charge in [-0.05, 0) is 30.5 Å². The second-order valence-electron chi connectivity index (χ2n) is 8.17. The second-order valence-corrected chi connectivity index (χ2v) is 8.57. The molecule has 0 saturated heterocycles. The minimum Gasteiger partial charge on any atom is -0.500 e. The van der Waals surface area contributed by atoms with Gasteiger partial charge in [0.25, 0.3) is 11.8 Å². The maximum atomic E-state index is 14.3. The topological polar surface area (TPSA) is 62.8 Å². The lowest BCUT2D eigenvalue weighted by molar-refractivity contribution is -0.124. The third-order valence-corrected chi connectivity index (χ3v) is 6.52. The van der Waals surface area contributed by atoms with Crippen LogP contribution in [0.15, 0.2) is 60.2 Å². The van der Waals surface area contributed by atoms with Gasteiger partial charge < -0.3 is 14.8 Å². The molecule has 1 aliphatic heterocycles. The number of alkyl halides is 2. The van der Waals surface area contributed by atoms with Gasteiger partial charge in [-0.2, -0.15) is 0 Å². The van der Waals surface area contributed by atoms with Crippen molar-refractivity contribution in [1.82, 2.24) is 10.7 Å². The van der Waals surface area contributed by atoms with E-state index in [0.29, 0.717) is 23.2 Å². The normalized spacial score (nSPS) is 26.2. The number of carbonyl (C=O) groups is 1. The number of allylic oxidation sites excluding steroid dienone is 3. The Morgan fingerprint density at radius 1 is 1.41 bits per heavy atom. The Kier molecular flexibility index (Phi) is 6.18. The first-order valence-corrected chi connectivity index (χ1v) is 10.9. The summed E-state index contributed by atoms with van der Waals surface area (Å²) >= 11 is 6.26. The molecule has 3 atom stereocenters. The first kappa shape index (κ1) is 22.6. The van der Waals surface area contributed by atoms with Crippen molar-refractivity contribution < 1.29 is 23.0 Å². The zero-order valence-electron chi connectivity index (χ0n) is 17.9. The van der Waals surface area contributed by atoms with E-state index in [1.807, 2.05) is 12.2 Å². The van der Waals surface area contributed by atoms with Gasteiger partial charge in [0, 0.05) is 19.0 Å². The molecule has 3 aliphatic rings. The van der Waals surface area contributed by atoms with E-state index in [0.717, 1.165) is 12.2 Å². The number of para-hydroxylation sites is 1. The molecular weight excluding hydrogens is 440 g/mol. The van der Waals surface area contributed by atoms with Crippen LogP contribution >= 0.6 is 11.6 Å². The number of rotatable bonds is 9. The van der Waals surface area contributed by atoms with E-state index in [1.165, 1.54) is 18.0 Å². The molecule has 1 heterocycles. The van der Waals surface area contributed by atoms with Crippen molar-refractivity contribution in [3.05, 3.63) is 65.2 Å². The predicted octanol–water partition coefficient (Wildman–Crippen LogP) is 4.16. The molecule has 0 radical (unpaired) electrons. The van der Waals surface area contributed by atoms with E-state index in [4.69, 9.17) is 21.1 Å². The molecule has 32 heavy (non-hydrogen) atoms. The Morgan fingerprint density at radius 3 is 2.91 bits per heavy atom. The fourth-order valence-electron chi connectivity index (χ4n) is 4.15. The molecule has 172 valence electrons. The fraction of sp³-hybridized carbons (Fsp3) is 0.435. The monoisotopic (exact) mass is 465 g/mol. The van der Waals surface area contributed by atoms with E-state index in [9.17, 15) is 13.6 Å². The summed E-state index contributed by atoms with van der Waals surface area (Å²) in [5.41, 5.74) is 2.99. The molecule has 2 N–H and O–H groups in total. The van der Waals surface area contributed by atoms with Crippen molar-refractivity contribution in [2.75, 3.05) is 25.3 Å². The summed E-state index contributed by atoms with van der Waals surface area (Å²) in [7, 11) is 1.62. The van der Waals surface area contributed by atoms with Gasteiger partial charge in [0.15, 0.2) is 6.61 Å². The summed E-state index contributed by atoms with van der Waals surface area (Å²) in [6.45, 7) is 1.52. The lowest BCUT2D eigenvalue weighted by Crippen LogP contribution is -2.47. The van der Waals surface area contributed by atoms with Crippen LogP contribution < -0.4 is 15.8 Å². The van der Waals surface area contributed by atoms with Crippen LogP contribution in [0.3, 0.4) is 0 Å². The molecule has 4 rings (SSSR count). The summed E-state index contributed by atoms with van der Waals surface area (Å²) in [6.07, 6.45) is 7.83. The largest absolute Gasteiger partial charge is 0.500 e. The van der Waals surface area contributed by atoms with Gasteiger partial charge in [0.2, 0.25) is 5.88 Å². The number of hydrogen-bond acceptors (Lipinski definition) is 5. The van der Waals surface area contributed by atoms with Crippen molar-refractivity contribution >= 4 is 23.2 Å². The van der Waals surface area contributed by atoms with Crippen LogP contribution in [0.5, 0.6) is 0 Å². The molecule has 1 aromatic carbocycles. The highest BCUT2D eigenvalue weighted by Gasteiger charge is 2.57. The Balaban J connectivity index is 1.41. The number of ether oxygens (including phenoxy) is 2. The van der Waals surface area contributed by atoms with Gasteiger partial charge in [0.05, 0.1) is 23.2 Å². The van der Waals surface area contributed by atoms with Gasteiger partial charge in [-0.3, -0.25) is 4.79 Å². The fourth-order valence-corrected chi connectivity index (χ4v) is 4.37. The van der Waals surface area contributed by atoms with Gasteiger partial charge >= 0.3 is 0 Å². The molecule has 1 fully saturated rings. The van der Waals surface area contributed by atoms with Crippen LogP contribution in [0.4, 0.5) is 14.5 Å². The predicted molar refractivity (Wildman–Crippen MR) is 118 cm³/mol. The van der Waals surface area contributed by atoms with Gasteiger partial charge in [-0.15, -0.1) is 0 Å².